The van der Waals surface area contributed by atoms with E-state index in [1.807, 2.05) is 26.0 Å². The van der Waals surface area contributed by atoms with Crippen molar-refractivity contribution in [1.29, 1.82) is 5.26 Å². The van der Waals surface area contributed by atoms with Gasteiger partial charge in [-0.05, 0) is 56.7 Å². The first-order chi connectivity index (χ1) is 11.9. The van der Waals surface area contributed by atoms with E-state index in [-0.39, 0.29) is 18.4 Å². The molecule has 0 radical (unpaired) electrons. The molecule has 0 saturated heterocycles. The molecule has 0 amide bonds. The number of hydrogen-bond acceptors (Lipinski definition) is 5. The minimum atomic E-state index is -0.749. The van der Waals surface area contributed by atoms with E-state index < -0.39 is 6.10 Å². The standard InChI is InChI=1S/C20H22N2O3/c1-13(2)25-18-8-6-15(7-9-18)20(24)12-22-19-10-16(14(3)23)4-5-17(19)11-21/h4-10,13,20,22,24H,12H2,1-3H3. The number of carbonyl (C=O) groups excluding carboxylic acids is 1. The minimum absolute atomic E-state index is 0.0752. The number of ether oxygens (including phenoxy) is 1. The number of aliphatic hydroxyl groups is 1. The highest BCUT2D eigenvalue weighted by molar-refractivity contribution is 5.95. The van der Waals surface area contributed by atoms with Crippen LogP contribution in [0.2, 0.25) is 0 Å². The second-order valence-corrected chi connectivity index (χ2v) is 6.06. The van der Waals surface area contributed by atoms with Crippen molar-refractivity contribution in [3.05, 3.63) is 59.2 Å². The third kappa shape index (κ3) is 5.07. The molecule has 0 aliphatic heterocycles. The third-order valence-electron chi connectivity index (χ3n) is 3.67. The van der Waals surface area contributed by atoms with Gasteiger partial charge in [0.1, 0.15) is 11.8 Å². The number of benzene rings is 2. The van der Waals surface area contributed by atoms with Crippen LogP contribution >= 0.6 is 0 Å². The van der Waals surface area contributed by atoms with Crippen molar-refractivity contribution in [1.82, 2.24) is 0 Å². The zero-order chi connectivity index (χ0) is 18.4. The fraction of sp³-hybridized carbons (Fsp3) is 0.300. The zero-order valence-electron chi connectivity index (χ0n) is 14.6. The molecule has 1 unspecified atom stereocenters. The number of hydrogen-bond donors (Lipinski definition) is 2. The summed E-state index contributed by atoms with van der Waals surface area (Å²) >= 11 is 0. The first kappa shape index (κ1) is 18.5. The van der Waals surface area contributed by atoms with Crippen LogP contribution in [0.4, 0.5) is 5.69 Å². The number of aliphatic hydroxyl groups excluding tert-OH is 1. The van der Waals surface area contributed by atoms with Crippen LogP contribution in [0.1, 0.15) is 48.4 Å². The summed E-state index contributed by atoms with van der Waals surface area (Å²) in [5.41, 5.74) is 2.22. The summed E-state index contributed by atoms with van der Waals surface area (Å²) in [5, 5.41) is 22.6. The quantitative estimate of drug-likeness (QED) is 0.752. The van der Waals surface area contributed by atoms with E-state index in [9.17, 15) is 15.2 Å². The van der Waals surface area contributed by atoms with Gasteiger partial charge in [0.05, 0.1) is 23.5 Å². The molecule has 0 spiro atoms. The SMILES string of the molecule is CC(=O)c1ccc(C#N)c(NCC(O)c2ccc(OC(C)C)cc2)c1. The fourth-order valence-corrected chi connectivity index (χ4v) is 2.37. The molecular weight excluding hydrogens is 316 g/mol. The first-order valence-corrected chi connectivity index (χ1v) is 8.14. The highest BCUT2D eigenvalue weighted by atomic mass is 16.5. The number of anilines is 1. The Balaban J connectivity index is 2.06. The number of carbonyl (C=O) groups is 1. The molecule has 0 bridgehead atoms. The minimum Gasteiger partial charge on any atom is -0.491 e. The van der Waals surface area contributed by atoms with Crippen LogP contribution in [0.3, 0.4) is 0 Å². The number of Topliss-reactive ketones (excluding diaryl/α,β-unsaturated/α-hetero) is 1. The van der Waals surface area contributed by atoms with Crippen molar-refractivity contribution in [2.24, 2.45) is 0 Å². The van der Waals surface area contributed by atoms with Gasteiger partial charge in [0, 0.05) is 12.1 Å². The van der Waals surface area contributed by atoms with E-state index >= 15 is 0 Å². The highest BCUT2D eigenvalue weighted by Gasteiger charge is 2.11. The largest absolute Gasteiger partial charge is 0.491 e. The smallest absolute Gasteiger partial charge is 0.159 e. The monoisotopic (exact) mass is 338 g/mol. The molecular formula is C20H22N2O3. The zero-order valence-corrected chi connectivity index (χ0v) is 14.6. The predicted octanol–water partition coefficient (Wildman–Crippen LogP) is 3.69. The molecule has 0 aromatic heterocycles. The lowest BCUT2D eigenvalue weighted by Crippen LogP contribution is -2.13. The van der Waals surface area contributed by atoms with E-state index in [1.54, 1.807) is 30.3 Å². The average Bonchev–Trinajstić information content (AvgIpc) is 2.59. The van der Waals surface area contributed by atoms with Crippen LogP contribution in [-0.2, 0) is 0 Å². The third-order valence-corrected chi connectivity index (χ3v) is 3.67. The number of nitrogens with zero attached hydrogens (tertiary/aromatic N) is 1. The highest BCUT2D eigenvalue weighted by Crippen LogP contribution is 2.22. The summed E-state index contributed by atoms with van der Waals surface area (Å²) in [7, 11) is 0. The Morgan fingerprint density at radius 1 is 1.24 bits per heavy atom. The summed E-state index contributed by atoms with van der Waals surface area (Å²) < 4.78 is 5.58. The summed E-state index contributed by atoms with van der Waals surface area (Å²) in [5.74, 6) is 0.675. The molecule has 2 aromatic carbocycles. The van der Waals surface area contributed by atoms with E-state index in [4.69, 9.17) is 4.74 Å². The molecule has 25 heavy (non-hydrogen) atoms. The molecule has 2 aromatic rings. The van der Waals surface area contributed by atoms with Crippen molar-refractivity contribution >= 4 is 11.5 Å². The van der Waals surface area contributed by atoms with Gasteiger partial charge in [0.25, 0.3) is 0 Å². The lowest BCUT2D eigenvalue weighted by atomic mass is 10.1. The second-order valence-electron chi connectivity index (χ2n) is 6.06. The summed E-state index contributed by atoms with van der Waals surface area (Å²) in [6, 6.07) is 14.2. The Morgan fingerprint density at radius 2 is 1.92 bits per heavy atom. The van der Waals surface area contributed by atoms with Gasteiger partial charge in [-0.1, -0.05) is 12.1 Å². The van der Waals surface area contributed by atoms with Crippen molar-refractivity contribution in [2.45, 2.75) is 33.0 Å². The Morgan fingerprint density at radius 3 is 2.48 bits per heavy atom. The maximum Gasteiger partial charge on any atom is 0.159 e. The number of nitrogens with one attached hydrogen (secondary N) is 1. The van der Waals surface area contributed by atoms with Crippen LogP contribution < -0.4 is 10.1 Å². The van der Waals surface area contributed by atoms with Crippen molar-refractivity contribution in [3.63, 3.8) is 0 Å². The maximum atomic E-state index is 11.5. The Bertz CT molecular complexity index is 777. The van der Waals surface area contributed by atoms with E-state index in [0.717, 1.165) is 11.3 Å². The van der Waals surface area contributed by atoms with Gasteiger partial charge in [0.15, 0.2) is 5.78 Å². The van der Waals surface area contributed by atoms with Crippen molar-refractivity contribution in [3.8, 4) is 11.8 Å². The van der Waals surface area contributed by atoms with Gasteiger partial charge >= 0.3 is 0 Å². The second kappa shape index (κ2) is 8.32. The lowest BCUT2D eigenvalue weighted by Gasteiger charge is -2.16. The molecule has 2 N–H and O–H groups in total. The van der Waals surface area contributed by atoms with Gasteiger partial charge in [-0.25, -0.2) is 0 Å². The van der Waals surface area contributed by atoms with Gasteiger partial charge in [0.2, 0.25) is 0 Å². The molecule has 5 heteroatoms. The van der Waals surface area contributed by atoms with Crippen molar-refractivity contribution < 1.29 is 14.6 Å². The number of rotatable bonds is 7. The van der Waals surface area contributed by atoms with Crippen LogP contribution in [0.15, 0.2) is 42.5 Å². The first-order valence-electron chi connectivity index (χ1n) is 8.14. The van der Waals surface area contributed by atoms with Crippen LogP contribution in [0.25, 0.3) is 0 Å². The van der Waals surface area contributed by atoms with E-state index in [2.05, 4.69) is 11.4 Å². The Labute approximate surface area is 147 Å². The van der Waals surface area contributed by atoms with Gasteiger partial charge < -0.3 is 15.2 Å². The topological polar surface area (TPSA) is 82.4 Å². The Kier molecular flexibility index (Phi) is 6.15. The molecule has 1 atom stereocenters. The van der Waals surface area contributed by atoms with E-state index in [0.29, 0.717) is 16.8 Å². The van der Waals surface area contributed by atoms with Gasteiger partial charge in [-0.15, -0.1) is 0 Å². The summed E-state index contributed by atoms with van der Waals surface area (Å²) in [6.45, 7) is 5.60. The van der Waals surface area contributed by atoms with E-state index in [1.165, 1.54) is 6.92 Å². The summed E-state index contributed by atoms with van der Waals surface area (Å²) in [6.07, 6.45) is -0.656. The molecule has 0 aliphatic carbocycles. The van der Waals surface area contributed by atoms with Crippen molar-refractivity contribution in [2.75, 3.05) is 11.9 Å². The normalized spacial score (nSPS) is 11.7. The summed E-state index contributed by atoms with van der Waals surface area (Å²) in [4.78, 5) is 11.5. The Hall–Kier alpha value is -2.84. The number of ketones is 1. The molecule has 5 nitrogen and oxygen atoms in total. The molecule has 0 saturated carbocycles. The van der Waals surface area contributed by atoms with Gasteiger partial charge in [-0.2, -0.15) is 5.26 Å². The molecule has 2 rings (SSSR count). The average molecular weight is 338 g/mol. The van der Waals surface area contributed by atoms with Crippen LogP contribution in [0.5, 0.6) is 5.75 Å². The maximum absolute atomic E-state index is 11.5. The molecule has 0 aliphatic rings. The molecule has 0 heterocycles. The van der Waals surface area contributed by atoms with Crippen LogP contribution in [-0.4, -0.2) is 23.5 Å². The predicted molar refractivity (Wildman–Crippen MR) is 96.8 cm³/mol. The van der Waals surface area contributed by atoms with Gasteiger partial charge in [-0.3, -0.25) is 4.79 Å². The lowest BCUT2D eigenvalue weighted by molar-refractivity contribution is 0.101. The van der Waals surface area contributed by atoms with Crippen LogP contribution in [0, 0.1) is 11.3 Å². The fourth-order valence-electron chi connectivity index (χ4n) is 2.37. The molecule has 0 fully saturated rings. The number of nitriles is 1. The molecule has 130 valence electrons.